The molecule has 0 bridgehead atoms. The minimum absolute atomic E-state index is 0.0168. The summed E-state index contributed by atoms with van der Waals surface area (Å²) in [6, 6.07) is 4.82. The molecule has 0 aliphatic heterocycles. The molecule has 5 heteroatoms. The van der Waals surface area contributed by atoms with Crippen LogP contribution in [0.2, 0.25) is 0 Å². The van der Waals surface area contributed by atoms with Crippen molar-refractivity contribution in [1.82, 2.24) is 0 Å². The molecule has 1 fully saturated rings. The third-order valence-electron chi connectivity index (χ3n) is 2.45. The Balaban J connectivity index is 0.000000606. The van der Waals surface area contributed by atoms with Gasteiger partial charge in [-0.2, -0.15) is 6.07 Å². The van der Waals surface area contributed by atoms with Crippen molar-refractivity contribution in [2.45, 2.75) is 31.8 Å². The van der Waals surface area contributed by atoms with Gasteiger partial charge in [0.15, 0.2) is 0 Å². The first-order chi connectivity index (χ1) is 7.77. The van der Waals surface area contributed by atoms with Gasteiger partial charge in [0, 0.05) is 11.6 Å². The fourth-order valence-corrected chi connectivity index (χ4v) is 1.71. The maximum absolute atomic E-state index is 13.1. The molecule has 16 heavy (non-hydrogen) atoms. The van der Waals surface area contributed by atoms with Crippen LogP contribution in [-0.4, -0.2) is 6.10 Å². The Labute approximate surface area is 111 Å². The predicted octanol–water partition coefficient (Wildman–Crippen LogP) is 3.93. The Kier molecular flexibility index (Phi) is 6.44. The van der Waals surface area contributed by atoms with Crippen LogP contribution in [0.25, 0.3) is 0 Å². The minimum atomic E-state index is -0.907. The first kappa shape index (κ1) is 14.0. The van der Waals surface area contributed by atoms with E-state index < -0.39 is 11.6 Å². The van der Waals surface area contributed by atoms with Crippen LogP contribution < -0.4 is 4.74 Å². The number of hydrogen-bond acceptors (Lipinski definition) is 1. The number of hydrogen-bond donors (Lipinski definition) is 0. The normalized spacial score (nSPS) is 15.6. The molecule has 0 atom stereocenters. The molecule has 1 nitrogen and oxygen atoms in total. The average molecular weight is 342 g/mol. The summed E-state index contributed by atoms with van der Waals surface area (Å²) >= 11 is 4.25. The molecule has 0 spiro atoms. The second-order valence-corrected chi connectivity index (χ2v) is 3.51. The van der Waals surface area contributed by atoms with E-state index in [-0.39, 0.29) is 11.9 Å². The van der Waals surface area contributed by atoms with Crippen LogP contribution in [0.3, 0.4) is 0 Å². The number of benzene rings is 1. The van der Waals surface area contributed by atoms with E-state index in [9.17, 15) is 8.78 Å². The molecule has 1 aromatic rings. The van der Waals surface area contributed by atoms with Crippen LogP contribution in [-0.2, 0) is 16.3 Å². The van der Waals surface area contributed by atoms with Gasteiger partial charge in [-0.1, -0.05) is 0 Å². The molecule has 84 valence electrons. The van der Waals surface area contributed by atoms with Gasteiger partial charge in [-0.05, 0) is 25.7 Å². The maximum atomic E-state index is 13.1. The standard InChI is InChI=1S/C11H11F2O.BrH.Zn/c12-9-6-3-7-10(11(9)13)14-8-4-1-2-5-8;;/h6-8H,1-2,4-5H2;1H;/q-1;;+2/p-1. The van der Waals surface area contributed by atoms with Crippen molar-refractivity contribution in [3.05, 3.63) is 29.8 Å². The van der Waals surface area contributed by atoms with Crippen molar-refractivity contribution in [2.24, 2.45) is 0 Å². The van der Waals surface area contributed by atoms with Crippen LogP contribution >= 0.6 is 13.6 Å². The molecule has 2 rings (SSSR count). The van der Waals surface area contributed by atoms with Crippen molar-refractivity contribution >= 4 is 13.6 Å². The zero-order valence-electron chi connectivity index (χ0n) is 8.81. The van der Waals surface area contributed by atoms with Gasteiger partial charge >= 0.3 is 30.0 Å². The Hall–Kier alpha value is -0.0166. The Morgan fingerprint density at radius 2 is 1.88 bits per heavy atom. The van der Waals surface area contributed by atoms with Crippen molar-refractivity contribution < 1.29 is 29.9 Å². The number of ether oxygens (including phenoxy) is 1. The van der Waals surface area contributed by atoms with E-state index in [0.29, 0.717) is 0 Å². The SMILES string of the molecule is Fc1c[c-]cc(OC2CCCC2)c1F.[Zn+][Br]. The Bertz CT molecular complexity index is 330. The molecule has 0 aromatic heterocycles. The summed E-state index contributed by atoms with van der Waals surface area (Å²) in [5.41, 5.74) is 0. The predicted molar refractivity (Wildman–Crippen MR) is 57.0 cm³/mol. The molecule has 1 saturated carbocycles. The van der Waals surface area contributed by atoms with E-state index in [1.807, 2.05) is 0 Å². The second-order valence-electron chi connectivity index (χ2n) is 3.51. The third kappa shape index (κ3) is 3.78. The molecule has 0 N–H and O–H groups in total. The Morgan fingerprint density at radius 3 is 2.50 bits per heavy atom. The van der Waals surface area contributed by atoms with Crippen molar-refractivity contribution in [3.8, 4) is 5.75 Å². The molecule has 0 radical (unpaired) electrons. The number of halogens is 3. The zero-order chi connectivity index (χ0) is 12.0. The molecular weight excluding hydrogens is 331 g/mol. The fourth-order valence-electron chi connectivity index (χ4n) is 1.71. The first-order valence-electron chi connectivity index (χ1n) is 5.06. The zero-order valence-corrected chi connectivity index (χ0v) is 13.4. The van der Waals surface area contributed by atoms with Gasteiger partial charge in [-0.3, -0.25) is 4.39 Å². The third-order valence-corrected chi connectivity index (χ3v) is 2.45. The molecule has 0 unspecified atom stereocenters. The summed E-state index contributed by atoms with van der Waals surface area (Å²) in [6.07, 6.45) is 4.10. The van der Waals surface area contributed by atoms with Crippen molar-refractivity contribution in [2.75, 3.05) is 0 Å². The van der Waals surface area contributed by atoms with E-state index >= 15 is 0 Å². The molecule has 0 saturated heterocycles. The molecule has 1 aliphatic rings. The van der Waals surface area contributed by atoms with Crippen LogP contribution in [0.15, 0.2) is 12.1 Å². The van der Waals surface area contributed by atoms with Crippen LogP contribution in [0.5, 0.6) is 5.75 Å². The molecule has 1 aliphatic carbocycles. The van der Waals surface area contributed by atoms with Gasteiger partial charge in [0.2, 0.25) is 0 Å². The molecule has 0 heterocycles. The van der Waals surface area contributed by atoms with E-state index in [0.717, 1.165) is 31.7 Å². The monoisotopic (exact) mass is 340 g/mol. The van der Waals surface area contributed by atoms with E-state index in [2.05, 4.69) is 19.7 Å². The van der Waals surface area contributed by atoms with E-state index in [4.69, 9.17) is 4.74 Å². The second kappa shape index (κ2) is 7.34. The molecular formula is C11H11BrF2OZn. The topological polar surface area (TPSA) is 9.23 Å². The Morgan fingerprint density at radius 1 is 1.25 bits per heavy atom. The number of rotatable bonds is 2. The quantitative estimate of drug-likeness (QED) is 0.584. The van der Waals surface area contributed by atoms with Crippen LogP contribution in [0, 0.1) is 17.7 Å². The summed E-state index contributed by atoms with van der Waals surface area (Å²) in [5.74, 6) is -1.83. The van der Waals surface area contributed by atoms with Gasteiger partial charge in [0.25, 0.3) is 0 Å². The summed E-state index contributed by atoms with van der Waals surface area (Å²) in [6.45, 7) is 0. The van der Waals surface area contributed by atoms with E-state index in [1.165, 1.54) is 22.4 Å². The van der Waals surface area contributed by atoms with Crippen molar-refractivity contribution in [3.63, 3.8) is 0 Å². The summed E-state index contributed by atoms with van der Waals surface area (Å²) in [5, 5.41) is 0. The average Bonchev–Trinajstić information content (AvgIpc) is 2.80. The summed E-state index contributed by atoms with van der Waals surface area (Å²) in [4.78, 5) is 0. The fraction of sp³-hybridized carbons (Fsp3) is 0.455. The molecule has 1 aromatic carbocycles. The van der Waals surface area contributed by atoms with Gasteiger partial charge in [-0.15, -0.1) is 12.1 Å². The van der Waals surface area contributed by atoms with Gasteiger partial charge in [-0.25, -0.2) is 4.39 Å². The van der Waals surface area contributed by atoms with Crippen molar-refractivity contribution in [1.29, 1.82) is 0 Å². The summed E-state index contributed by atoms with van der Waals surface area (Å²) in [7, 11) is 0. The first-order valence-corrected chi connectivity index (χ1v) is 12.0. The molecule has 0 amide bonds. The van der Waals surface area contributed by atoms with Crippen LogP contribution in [0.4, 0.5) is 8.78 Å². The van der Waals surface area contributed by atoms with E-state index in [1.54, 1.807) is 0 Å². The van der Waals surface area contributed by atoms with Crippen LogP contribution in [0.1, 0.15) is 25.7 Å². The van der Waals surface area contributed by atoms with Gasteiger partial charge < -0.3 is 4.74 Å². The van der Waals surface area contributed by atoms with Gasteiger partial charge in [0.1, 0.15) is 0 Å². The van der Waals surface area contributed by atoms with Gasteiger partial charge in [0.05, 0.1) is 11.9 Å². The summed E-state index contributed by atoms with van der Waals surface area (Å²) < 4.78 is 31.2.